The van der Waals surface area contributed by atoms with Gasteiger partial charge in [-0.15, -0.1) is 0 Å². The van der Waals surface area contributed by atoms with Crippen molar-refractivity contribution in [2.24, 2.45) is 0 Å². The average molecular weight is 356 g/mol. The van der Waals surface area contributed by atoms with E-state index in [2.05, 4.69) is 32.2 Å². The van der Waals surface area contributed by atoms with Crippen LogP contribution in [0.2, 0.25) is 0 Å². The van der Waals surface area contributed by atoms with Gasteiger partial charge in [0.05, 0.1) is 11.8 Å². The molecule has 8 nitrogen and oxygen atoms in total. The highest BCUT2D eigenvalue weighted by Crippen LogP contribution is 2.22. The Balaban J connectivity index is 1.73. The number of amides is 2. The zero-order valence-corrected chi connectivity index (χ0v) is 15.1. The molecular formula is C18H24N6O2. The lowest BCUT2D eigenvalue weighted by atomic mass is 9.98. The molecule has 0 saturated carbocycles. The zero-order valence-electron chi connectivity index (χ0n) is 15.1. The van der Waals surface area contributed by atoms with Gasteiger partial charge in [0.25, 0.3) is 5.91 Å². The minimum absolute atomic E-state index is 0.0314. The Kier molecular flexibility index (Phi) is 5.20. The van der Waals surface area contributed by atoms with Gasteiger partial charge in [-0.2, -0.15) is 0 Å². The summed E-state index contributed by atoms with van der Waals surface area (Å²) in [5.74, 6) is 0.425. The van der Waals surface area contributed by atoms with Crippen LogP contribution in [0.25, 0.3) is 11.2 Å². The molecule has 0 radical (unpaired) electrons. The quantitative estimate of drug-likeness (QED) is 0.708. The van der Waals surface area contributed by atoms with E-state index < -0.39 is 0 Å². The Bertz CT molecular complexity index is 830. The molecule has 0 unspecified atom stereocenters. The van der Waals surface area contributed by atoms with Gasteiger partial charge in [-0.05, 0) is 32.8 Å². The lowest BCUT2D eigenvalue weighted by molar-refractivity contribution is -0.129. The minimum atomic E-state index is -0.171. The monoisotopic (exact) mass is 356 g/mol. The molecule has 0 bridgehead atoms. The molecule has 1 aliphatic rings. The third-order valence-corrected chi connectivity index (χ3v) is 4.65. The number of carbonyl (C=O) groups is 2. The number of H-pyrrole nitrogens is 1. The van der Waals surface area contributed by atoms with Crippen LogP contribution in [0.3, 0.4) is 0 Å². The standard InChI is InChI=1S/C18H24N6O2/c1-4-15(25)24-7-6-12(8-11(24)3)22-14-10-21-17-16(23-14)13(9-20-17)18(26)19-5-2/h4,9-12H,1,5-8H2,2-3H3,(H,19,26)(H,20,21)(H,22,23)/t11-,12+/m1/s1. The fraction of sp³-hybridized carbons (Fsp3) is 0.444. The number of aromatic amines is 1. The first kappa shape index (κ1) is 17.9. The highest BCUT2D eigenvalue weighted by Gasteiger charge is 2.27. The van der Waals surface area contributed by atoms with Gasteiger partial charge in [0, 0.05) is 31.4 Å². The van der Waals surface area contributed by atoms with E-state index in [1.165, 1.54) is 6.08 Å². The minimum Gasteiger partial charge on any atom is -0.366 e. The van der Waals surface area contributed by atoms with Gasteiger partial charge in [0.15, 0.2) is 5.65 Å². The molecule has 0 spiro atoms. The Morgan fingerprint density at radius 2 is 2.31 bits per heavy atom. The highest BCUT2D eigenvalue weighted by atomic mass is 16.2. The number of likely N-dealkylation sites (tertiary alicyclic amines) is 1. The SMILES string of the molecule is C=CC(=O)N1CC[C@H](Nc2cnc3[nH]cc(C(=O)NCC)c3n2)C[C@H]1C. The van der Waals surface area contributed by atoms with E-state index in [0.29, 0.717) is 35.6 Å². The number of nitrogens with one attached hydrogen (secondary N) is 3. The molecule has 3 heterocycles. The molecule has 3 rings (SSSR count). The summed E-state index contributed by atoms with van der Waals surface area (Å²) in [6, 6.07) is 0.319. The maximum atomic E-state index is 12.1. The number of carbonyl (C=O) groups excluding carboxylic acids is 2. The molecule has 26 heavy (non-hydrogen) atoms. The van der Waals surface area contributed by atoms with E-state index in [0.717, 1.165) is 12.8 Å². The Morgan fingerprint density at radius 1 is 1.50 bits per heavy atom. The highest BCUT2D eigenvalue weighted by molar-refractivity contribution is 6.04. The number of piperidine rings is 1. The normalized spacial score (nSPS) is 20.0. The summed E-state index contributed by atoms with van der Waals surface area (Å²) in [6.45, 7) is 8.68. The third-order valence-electron chi connectivity index (χ3n) is 4.65. The molecule has 8 heteroatoms. The molecular weight excluding hydrogens is 332 g/mol. The van der Waals surface area contributed by atoms with E-state index in [9.17, 15) is 9.59 Å². The van der Waals surface area contributed by atoms with Crippen LogP contribution in [-0.4, -0.2) is 56.8 Å². The smallest absolute Gasteiger partial charge is 0.255 e. The van der Waals surface area contributed by atoms with Crippen molar-refractivity contribution in [3.05, 3.63) is 30.6 Å². The lowest BCUT2D eigenvalue weighted by Crippen LogP contribution is -2.47. The number of rotatable bonds is 5. The summed E-state index contributed by atoms with van der Waals surface area (Å²) in [5.41, 5.74) is 1.61. The lowest BCUT2D eigenvalue weighted by Gasteiger charge is -2.37. The van der Waals surface area contributed by atoms with Crippen molar-refractivity contribution in [3.8, 4) is 0 Å². The maximum Gasteiger partial charge on any atom is 0.255 e. The molecule has 3 N–H and O–H groups in total. The molecule has 2 amide bonds. The fourth-order valence-corrected chi connectivity index (χ4v) is 3.35. The average Bonchev–Trinajstić information content (AvgIpc) is 3.05. The number of hydrogen-bond acceptors (Lipinski definition) is 5. The molecule has 2 aromatic heterocycles. The van der Waals surface area contributed by atoms with E-state index in [4.69, 9.17) is 0 Å². The van der Waals surface area contributed by atoms with Crippen LogP contribution in [0.4, 0.5) is 5.82 Å². The van der Waals surface area contributed by atoms with Crippen molar-refractivity contribution in [3.63, 3.8) is 0 Å². The van der Waals surface area contributed by atoms with E-state index in [-0.39, 0.29) is 23.9 Å². The molecule has 1 saturated heterocycles. The molecule has 2 atom stereocenters. The molecule has 2 aromatic rings. The fourth-order valence-electron chi connectivity index (χ4n) is 3.35. The summed E-state index contributed by atoms with van der Waals surface area (Å²) >= 11 is 0. The van der Waals surface area contributed by atoms with Gasteiger partial charge in [-0.1, -0.05) is 6.58 Å². The molecule has 138 valence electrons. The topological polar surface area (TPSA) is 103 Å². The van der Waals surface area contributed by atoms with Gasteiger partial charge >= 0.3 is 0 Å². The summed E-state index contributed by atoms with van der Waals surface area (Å²) < 4.78 is 0. The molecule has 1 aliphatic heterocycles. The van der Waals surface area contributed by atoms with Crippen molar-refractivity contribution in [2.75, 3.05) is 18.4 Å². The maximum absolute atomic E-state index is 12.1. The zero-order chi connectivity index (χ0) is 18.7. The van der Waals surface area contributed by atoms with Gasteiger partial charge in [0.1, 0.15) is 11.3 Å². The summed E-state index contributed by atoms with van der Waals surface area (Å²) in [5, 5.41) is 6.16. The van der Waals surface area contributed by atoms with Gasteiger partial charge in [-0.3, -0.25) is 9.59 Å². The van der Waals surface area contributed by atoms with Crippen LogP contribution in [0.15, 0.2) is 25.0 Å². The molecule has 1 fully saturated rings. The van der Waals surface area contributed by atoms with Crippen LogP contribution in [0.1, 0.15) is 37.0 Å². The number of nitrogens with zero attached hydrogens (tertiary/aromatic N) is 3. The van der Waals surface area contributed by atoms with Crippen LogP contribution in [-0.2, 0) is 4.79 Å². The van der Waals surface area contributed by atoms with Gasteiger partial charge in [-0.25, -0.2) is 9.97 Å². The number of hydrogen-bond donors (Lipinski definition) is 3. The summed E-state index contributed by atoms with van der Waals surface area (Å²) in [4.78, 5) is 37.7. The Morgan fingerprint density at radius 3 is 3.00 bits per heavy atom. The van der Waals surface area contributed by atoms with Crippen LogP contribution >= 0.6 is 0 Å². The summed E-state index contributed by atoms with van der Waals surface area (Å²) in [6.07, 6.45) is 6.28. The second kappa shape index (κ2) is 7.55. The van der Waals surface area contributed by atoms with Crippen LogP contribution in [0, 0.1) is 0 Å². The largest absolute Gasteiger partial charge is 0.366 e. The second-order valence-electron chi connectivity index (χ2n) is 6.46. The van der Waals surface area contributed by atoms with Crippen molar-refractivity contribution in [1.82, 2.24) is 25.2 Å². The van der Waals surface area contributed by atoms with Crippen molar-refractivity contribution in [2.45, 2.75) is 38.8 Å². The predicted octanol–water partition coefficient (Wildman–Crippen LogP) is 1.69. The number of aromatic nitrogens is 3. The van der Waals surface area contributed by atoms with Crippen LogP contribution in [0.5, 0.6) is 0 Å². The first-order valence-electron chi connectivity index (χ1n) is 8.85. The molecule has 0 aliphatic carbocycles. The van der Waals surface area contributed by atoms with Gasteiger partial charge < -0.3 is 20.5 Å². The molecule has 0 aromatic carbocycles. The number of anilines is 1. The number of fused-ring (bicyclic) bond motifs is 1. The predicted molar refractivity (Wildman–Crippen MR) is 99.9 cm³/mol. The summed E-state index contributed by atoms with van der Waals surface area (Å²) in [7, 11) is 0. The van der Waals surface area contributed by atoms with E-state index >= 15 is 0 Å². The van der Waals surface area contributed by atoms with Gasteiger partial charge in [0.2, 0.25) is 5.91 Å². The first-order chi connectivity index (χ1) is 12.5. The van der Waals surface area contributed by atoms with Crippen molar-refractivity contribution in [1.29, 1.82) is 0 Å². The van der Waals surface area contributed by atoms with E-state index in [1.54, 1.807) is 12.4 Å². The van der Waals surface area contributed by atoms with E-state index in [1.807, 2.05) is 18.7 Å². The third kappa shape index (κ3) is 3.54. The van der Waals surface area contributed by atoms with Crippen molar-refractivity contribution < 1.29 is 9.59 Å². The Labute approximate surface area is 152 Å². The van der Waals surface area contributed by atoms with Crippen molar-refractivity contribution >= 4 is 28.8 Å². The first-order valence-corrected chi connectivity index (χ1v) is 8.85. The Hall–Kier alpha value is -2.90. The second-order valence-corrected chi connectivity index (χ2v) is 6.46. The van der Waals surface area contributed by atoms with Crippen LogP contribution < -0.4 is 10.6 Å².